The molecule has 1 rings (SSSR count). The standard InChI is InChI=1S/C13H16BrFN2O3/c1-7(2)5-11(12(18)19)17-13(20)16-8-3-4-10(15)9(14)6-8/h3-4,6-7,11H,5H2,1-2H3,(H,18,19)(H2,16,17,20)/t11-/m1/s1. The summed E-state index contributed by atoms with van der Waals surface area (Å²) in [6, 6.07) is 2.38. The first-order valence-corrected chi connectivity index (χ1v) is 6.84. The molecular weight excluding hydrogens is 331 g/mol. The number of carboxylic acids is 1. The van der Waals surface area contributed by atoms with Crippen molar-refractivity contribution < 1.29 is 19.1 Å². The van der Waals surface area contributed by atoms with Gasteiger partial charge in [-0.05, 0) is 46.5 Å². The van der Waals surface area contributed by atoms with E-state index in [2.05, 4.69) is 26.6 Å². The molecule has 0 spiro atoms. The Kier molecular flexibility index (Phi) is 5.94. The second-order valence-corrected chi connectivity index (χ2v) is 5.60. The van der Waals surface area contributed by atoms with Gasteiger partial charge in [-0.1, -0.05) is 13.8 Å². The second-order valence-electron chi connectivity index (χ2n) is 4.75. The first kappa shape index (κ1) is 16.4. The monoisotopic (exact) mass is 346 g/mol. The molecule has 0 saturated carbocycles. The Morgan fingerprint density at radius 2 is 2.05 bits per heavy atom. The van der Waals surface area contributed by atoms with Crippen LogP contribution in [0.3, 0.4) is 0 Å². The number of hydrogen-bond acceptors (Lipinski definition) is 2. The molecule has 3 N–H and O–H groups in total. The molecule has 0 aliphatic rings. The molecule has 5 nitrogen and oxygen atoms in total. The van der Waals surface area contributed by atoms with Crippen LogP contribution in [0.25, 0.3) is 0 Å². The zero-order chi connectivity index (χ0) is 15.3. The molecule has 2 amide bonds. The van der Waals surface area contributed by atoms with Crippen molar-refractivity contribution in [2.24, 2.45) is 5.92 Å². The Morgan fingerprint density at radius 1 is 1.40 bits per heavy atom. The van der Waals surface area contributed by atoms with E-state index in [0.29, 0.717) is 12.1 Å². The number of amides is 2. The number of aliphatic carboxylic acids is 1. The number of nitrogens with one attached hydrogen (secondary N) is 2. The Bertz CT molecular complexity index is 508. The fourth-order valence-corrected chi connectivity index (χ4v) is 1.97. The molecule has 0 aromatic heterocycles. The Morgan fingerprint density at radius 3 is 2.55 bits per heavy atom. The van der Waals surface area contributed by atoms with Crippen molar-refractivity contribution in [3.63, 3.8) is 0 Å². The maximum absolute atomic E-state index is 13.0. The van der Waals surface area contributed by atoms with E-state index in [-0.39, 0.29) is 10.4 Å². The lowest BCUT2D eigenvalue weighted by Gasteiger charge is -2.17. The van der Waals surface area contributed by atoms with Crippen LogP contribution in [0.5, 0.6) is 0 Å². The van der Waals surface area contributed by atoms with Gasteiger partial charge in [0.2, 0.25) is 0 Å². The number of halogens is 2. The normalized spacial score (nSPS) is 12.1. The van der Waals surface area contributed by atoms with Gasteiger partial charge in [-0.25, -0.2) is 14.0 Å². The molecule has 110 valence electrons. The van der Waals surface area contributed by atoms with Gasteiger partial charge in [0.1, 0.15) is 11.9 Å². The lowest BCUT2D eigenvalue weighted by molar-refractivity contribution is -0.139. The van der Waals surface area contributed by atoms with Crippen molar-refractivity contribution >= 4 is 33.6 Å². The van der Waals surface area contributed by atoms with Crippen molar-refractivity contribution in [3.05, 3.63) is 28.5 Å². The summed E-state index contributed by atoms with van der Waals surface area (Å²) in [6.07, 6.45) is 0.329. The maximum Gasteiger partial charge on any atom is 0.326 e. The van der Waals surface area contributed by atoms with Gasteiger partial charge in [-0.2, -0.15) is 0 Å². The fourth-order valence-electron chi connectivity index (χ4n) is 1.59. The third kappa shape index (κ3) is 5.16. The summed E-state index contributed by atoms with van der Waals surface area (Å²) >= 11 is 3.00. The zero-order valence-corrected chi connectivity index (χ0v) is 12.7. The van der Waals surface area contributed by atoms with E-state index >= 15 is 0 Å². The summed E-state index contributed by atoms with van der Waals surface area (Å²) in [7, 11) is 0. The highest BCUT2D eigenvalue weighted by molar-refractivity contribution is 9.10. The van der Waals surface area contributed by atoms with E-state index in [1.807, 2.05) is 13.8 Å². The second kappa shape index (κ2) is 7.23. The Balaban J connectivity index is 2.65. The van der Waals surface area contributed by atoms with Gasteiger partial charge in [0.05, 0.1) is 4.47 Å². The van der Waals surface area contributed by atoms with Gasteiger partial charge in [0, 0.05) is 5.69 Å². The maximum atomic E-state index is 13.0. The number of benzene rings is 1. The van der Waals surface area contributed by atoms with E-state index in [9.17, 15) is 14.0 Å². The van der Waals surface area contributed by atoms with Gasteiger partial charge in [-0.15, -0.1) is 0 Å². The third-order valence-corrected chi connectivity index (χ3v) is 3.10. The van der Waals surface area contributed by atoms with Crippen LogP contribution in [0, 0.1) is 11.7 Å². The summed E-state index contributed by atoms with van der Waals surface area (Å²) in [4.78, 5) is 22.7. The molecule has 0 bridgehead atoms. The molecule has 0 radical (unpaired) electrons. The molecule has 1 aromatic carbocycles. The molecule has 0 aliphatic heterocycles. The third-order valence-electron chi connectivity index (χ3n) is 2.49. The molecule has 1 atom stereocenters. The largest absolute Gasteiger partial charge is 0.480 e. The predicted molar refractivity (Wildman–Crippen MR) is 77.1 cm³/mol. The smallest absolute Gasteiger partial charge is 0.326 e. The van der Waals surface area contributed by atoms with Crippen LogP contribution < -0.4 is 10.6 Å². The van der Waals surface area contributed by atoms with Gasteiger partial charge < -0.3 is 15.7 Å². The molecule has 0 saturated heterocycles. The van der Waals surface area contributed by atoms with E-state index in [0.717, 1.165) is 0 Å². The van der Waals surface area contributed by atoms with Gasteiger partial charge in [0.25, 0.3) is 0 Å². The molecule has 0 heterocycles. The van der Waals surface area contributed by atoms with Crippen molar-refractivity contribution in [1.29, 1.82) is 0 Å². The highest BCUT2D eigenvalue weighted by Gasteiger charge is 2.21. The number of anilines is 1. The lowest BCUT2D eigenvalue weighted by Crippen LogP contribution is -2.43. The molecule has 0 fully saturated rings. The summed E-state index contributed by atoms with van der Waals surface area (Å²) in [6.45, 7) is 3.74. The van der Waals surface area contributed by atoms with Gasteiger partial charge >= 0.3 is 12.0 Å². The van der Waals surface area contributed by atoms with E-state index in [1.54, 1.807) is 0 Å². The minimum absolute atomic E-state index is 0.136. The number of carbonyl (C=O) groups is 2. The predicted octanol–water partition coefficient (Wildman–Crippen LogP) is 3.21. The first-order chi connectivity index (χ1) is 9.29. The molecule has 0 aliphatic carbocycles. The summed E-state index contributed by atoms with van der Waals surface area (Å²) in [5.74, 6) is -1.40. The van der Waals surface area contributed by atoms with Crippen LogP contribution >= 0.6 is 15.9 Å². The number of rotatable bonds is 5. The molecule has 1 aromatic rings. The van der Waals surface area contributed by atoms with Crippen LogP contribution in [-0.2, 0) is 4.79 Å². The minimum Gasteiger partial charge on any atom is -0.480 e. The van der Waals surface area contributed by atoms with E-state index in [4.69, 9.17) is 5.11 Å². The van der Waals surface area contributed by atoms with Crippen LogP contribution in [0.2, 0.25) is 0 Å². The van der Waals surface area contributed by atoms with Crippen LogP contribution in [0.1, 0.15) is 20.3 Å². The van der Waals surface area contributed by atoms with Crippen LogP contribution in [0.4, 0.5) is 14.9 Å². The highest BCUT2D eigenvalue weighted by Crippen LogP contribution is 2.19. The molecule has 20 heavy (non-hydrogen) atoms. The van der Waals surface area contributed by atoms with E-state index < -0.39 is 23.9 Å². The Labute approximate surface area is 124 Å². The topological polar surface area (TPSA) is 78.4 Å². The average molecular weight is 347 g/mol. The Hall–Kier alpha value is -1.63. The van der Waals surface area contributed by atoms with Crippen molar-refractivity contribution in [3.8, 4) is 0 Å². The van der Waals surface area contributed by atoms with Gasteiger partial charge in [0.15, 0.2) is 0 Å². The van der Waals surface area contributed by atoms with Crippen LogP contribution in [0.15, 0.2) is 22.7 Å². The molecule has 7 heteroatoms. The van der Waals surface area contributed by atoms with E-state index in [1.165, 1.54) is 18.2 Å². The van der Waals surface area contributed by atoms with Crippen LogP contribution in [-0.4, -0.2) is 23.1 Å². The number of carboxylic acid groups (broad SMARTS) is 1. The average Bonchev–Trinajstić information content (AvgIpc) is 2.32. The van der Waals surface area contributed by atoms with Crippen molar-refractivity contribution in [2.75, 3.05) is 5.32 Å². The zero-order valence-electron chi connectivity index (χ0n) is 11.1. The number of carbonyl (C=O) groups excluding carboxylic acids is 1. The summed E-state index contributed by atoms with van der Waals surface area (Å²) in [5, 5.41) is 13.8. The first-order valence-electron chi connectivity index (χ1n) is 6.05. The summed E-state index contributed by atoms with van der Waals surface area (Å²) in [5.41, 5.74) is 0.365. The summed E-state index contributed by atoms with van der Waals surface area (Å²) < 4.78 is 13.3. The highest BCUT2D eigenvalue weighted by atomic mass is 79.9. The van der Waals surface area contributed by atoms with Crippen molar-refractivity contribution in [2.45, 2.75) is 26.3 Å². The lowest BCUT2D eigenvalue weighted by atomic mass is 10.0. The number of urea groups is 1. The van der Waals surface area contributed by atoms with Crippen molar-refractivity contribution in [1.82, 2.24) is 5.32 Å². The molecule has 0 unspecified atom stereocenters. The van der Waals surface area contributed by atoms with Gasteiger partial charge in [-0.3, -0.25) is 0 Å². The number of hydrogen-bond donors (Lipinski definition) is 3. The SMILES string of the molecule is CC(C)C[C@@H](NC(=O)Nc1ccc(F)c(Br)c1)C(=O)O. The minimum atomic E-state index is -1.09. The fraction of sp³-hybridized carbons (Fsp3) is 0.385. The quantitative estimate of drug-likeness (QED) is 0.765. The molecular formula is C13H16BrFN2O3.